The van der Waals surface area contributed by atoms with E-state index < -0.39 is 11.6 Å². The van der Waals surface area contributed by atoms with E-state index in [1.54, 1.807) is 0 Å². The number of carbonyl (C=O) groups excluding carboxylic acids is 1. The standard InChI is InChI=1S/C14H9Cl2FO2.CH3Br/c15-11-5-1-3-9(7-11)14(17,13(18)19)10-4-2-6-12(16)8-10;1-2/h1-8H,(H,18,19);1H3/p-1. The summed E-state index contributed by atoms with van der Waals surface area (Å²) in [6.07, 6.45) is 0. The molecule has 0 aliphatic rings. The number of aliphatic carboxylic acids is 1. The predicted molar refractivity (Wildman–Crippen MR) is 84.7 cm³/mol. The molecule has 2 nitrogen and oxygen atoms in total. The molecular weight excluding hydrogens is 382 g/mol. The Kier molecular flexibility index (Phi) is 6.65. The summed E-state index contributed by atoms with van der Waals surface area (Å²) in [7, 11) is 0. The zero-order chi connectivity index (χ0) is 16.0. The highest BCUT2D eigenvalue weighted by Crippen LogP contribution is 2.35. The number of hydrogen-bond donors (Lipinski definition) is 0. The first-order valence-electron chi connectivity index (χ1n) is 5.75. The number of alkyl halides is 2. The highest BCUT2D eigenvalue weighted by molar-refractivity contribution is 9.08. The van der Waals surface area contributed by atoms with Gasteiger partial charge in [-0.1, -0.05) is 63.4 Å². The van der Waals surface area contributed by atoms with Crippen molar-refractivity contribution in [1.29, 1.82) is 0 Å². The lowest BCUT2D eigenvalue weighted by Crippen LogP contribution is -2.43. The second-order valence-corrected chi connectivity index (χ2v) is 4.84. The SMILES string of the molecule is CBr.O=C([O-])C(F)(c1cccc(Cl)c1)c1cccc(Cl)c1. The molecule has 0 saturated carbocycles. The van der Waals surface area contributed by atoms with Gasteiger partial charge in [0.05, 0.1) is 5.97 Å². The first-order valence-corrected chi connectivity index (χ1v) is 8.09. The van der Waals surface area contributed by atoms with E-state index in [1.165, 1.54) is 48.5 Å². The summed E-state index contributed by atoms with van der Waals surface area (Å²) < 4.78 is 15.0. The van der Waals surface area contributed by atoms with Crippen LogP contribution in [0.15, 0.2) is 48.5 Å². The molecule has 0 aliphatic heterocycles. The third-order valence-corrected chi connectivity index (χ3v) is 3.20. The molecule has 0 N–H and O–H groups in total. The van der Waals surface area contributed by atoms with Crippen LogP contribution in [0.5, 0.6) is 0 Å². The van der Waals surface area contributed by atoms with Crippen molar-refractivity contribution in [2.45, 2.75) is 5.67 Å². The zero-order valence-corrected chi connectivity index (χ0v) is 14.0. The van der Waals surface area contributed by atoms with Crippen LogP contribution in [0, 0.1) is 0 Å². The summed E-state index contributed by atoms with van der Waals surface area (Å²) in [6, 6.07) is 11.2. The Morgan fingerprint density at radius 1 is 1.05 bits per heavy atom. The maximum atomic E-state index is 15.0. The van der Waals surface area contributed by atoms with Crippen LogP contribution in [0.4, 0.5) is 4.39 Å². The molecule has 6 heteroatoms. The third kappa shape index (κ3) is 3.96. The van der Waals surface area contributed by atoms with Crippen LogP contribution in [0.2, 0.25) is 10.0 Å². The van der Waals surface area contributed by atoms with E-state index in [1.807, 2.05) is 5.83 Å². The van der Waals surface area contributed by atoms with Gasteiger partial charge in [0.1, 0.15) is 0 Å². The molecule has 2 aromatic rings. The Labute approximate surface area is 140 Å². The van der Waals surface area contributed by atoms with Gasteiger partial charge in [0, 0.05) is 21.2 Å². The molecule has 0 atom stereocenters. The summed E-state index contributed by atoms with van der Waals surface area (Å²) in [5, 5.41) is 11.7. The second kappa shape index (κ2) is 7.78. The van der Waals surface area contributed by atoms with E-state index in [4.69, 9.17) is 23.2 Å². The van der Waals surface area contributed by atoms with E-state index in [2.05, 4.69) is 15.9 Å². The highest BCUT2D eigenvalue weighted by atomic mass is 79.9. The average molecular weight is 393 g/mol. The minimum absolute atomic E-state index is 0.109. The van der Waals surface area contributed by atoms with Crippen LogP contribution in [-0.4, -0.2) is 11.8 Å². The van der Waals surface area contributed by atoms with Gasteiger partial charge >= 0.3 is 0 Å². The van der Waals surface area contributed by atoms with Gasteiger partial charge in [0.15, 0.2) is 5.67 Å². The molecule has 21 heavy (non-hydrogen) atoms. The maximum absolute atomic E-state index is 15.0. The molecule has 0 bridgehead atoms. The quantitative estimate of drug-likeness (QED) is 0.741. The molecule has 0 spiro atoms. The van der Waals surface area contributed by atoms with Gasteiger partial charge in [0.2, 0.25) is 0 Å². The first kappa shape index (κ1) is 18.0. The van der Waals surface area contributed by atoms with Crippen molar-refractivity contribution in [1.82, 2.24) is 0 Å². The first-order chi connectivity index (χ1) is 9.94. The highest BCUT2D eigenvalue weighted by Gasteiger charge is 2.36. The molecule has 0 radical (unpaired) electrons. The molecular formula is C15H11BrCl2FO2-. The molecule has 0 unspecified atom stereocenters. The largest absolute Gasteiger partial charge is 0.546 e. The number of benzene rings is 2. The van der Waals surface area contributed by atoms with Crippen molar-refractivity contribution in [3.05, 3.63) is 69.7 Å². The molecule has 2 aromatic carbocycles. The van der Waals surface area contributed by atoms with Crippen LogP contribution in [0.25, 0.3) is 0 Å². The van der Waals surface area contributed by atoms with Gasteiger partial charge in [-0.25, -0.2) is 4.39 Å². The third-order valence-electron chi connectivity index (χ3n) is 2.73. The Morgan fingerprint density at radius 3 is 1.71 bits per heavy atom. The summed E-state index contributed by atoms with van der Waals surface area (Å²) in [4.78, 5) is 11.3. The van der Waals surface area contributed by atoms with Gasteiger partial charge in [-0.3, -0.25) is 0 Å². The van der Waals surface area contributed by atoms with Crippen LogP contribution >= 0.6 is 39.1 Å². The molecule has 0 heterocycles. The van der Waals surface area contributed by atoms with Crippen molar-refractivity contribution in [3.8, 4) is 0 Å². The maximum Gasteiger partial charge on any atom is 0.200 e. The molecule has 0 saturated heterocycles. The van der Waals surface area contributed by atoms with E-state index in [9.17, 15) is 14.3 Å². The number of carbonyl (C=O) groups is 1. The topological polar surface area (TPSA) is 40.1 Å². The van der Waals surface area contributed by atoms with Gasteiger partial charge in [0.25, 0.3) is 0 Å². The fraction of sp³-hybridized carbons (Fsp3) is 0.133. The second-order valence-electron chi connectivity index (χ2n) is 3.97. The number of halogens is 4. The fourth-order valence-electron chi connectivity index (χ4n) is 1.81. The van der Waals surface area contributed by atoms with E-state index >= 15 is 0 Å². The molecule has 0 amide bonds. The lowest BCUT2D eigenvalue weighted by molar-refractivity contribution is -0.318. The number of carboxylic acid groups (broad SMARTS) is 1. The Balaban J connectivity index is 0.00000106. The Bertz CT molecular complexity index is 589. The van der Waals surface area contributed by atoms with Crippen molar-refractivity contribution in [3.63, 3.8) is 0 Å². The zero-order valence-electron chi connectivity index (χ0n) is 10.9. The van der Waals surface area contributed by atoms with Gasteiger partial charge in [-0.05, 0) is 30.1 Å². The predicted octanol–water partition coefficient (Wildman–Crippen LogP) is 3.97. The van der Waals surface area contributed by atoms with E-state index in [0.29, 0.717) is 0 Å². The van der Waals surface area contributed by atoms with Crippen molar-refractivity contribution < 1.29 is 14.3 Å². The number of carboxylic acids is 1. The minimum Gasteiger partial charge on any atom is -0.546 e. The summed E-state index contributed by atoms with van der Waals surface area (Å²) >= 11 is 14.5. The normalized spacial score (nSPS) is 10.5. The van der Waals surface area contributed by atoms with Crippen LogP contribution in [-0.2, 0) is 10.5 Å². The van der Waals surface area contributed by atoms with Crippen molar-refractivity contribution in [2.75, 3.05) is 5.83 Å². The number of hydrogen-bond acceptors (Lipinski definition) is 2. The molecule has 0 aliphatic carbocycles. The Hall–Kier alpha value is -1.10. The van der Waals surface area contributed by atoms with Gasteiger partial charge in [-0.2, -0.15) is 0 Å². The summed E-state index contributed by atoms with van der Waals surface area (Å²) in [5.74, 6) is -0.0514. The van der Waals surface area contributed by atoms with E-state index in [-0.39, 0.29) is 21.2 Å². The van der Waals surface area contributed by atoms with Gasteiger partial charge < -0.3 is 9.90 Å². The van der Waals surface area contributed by atoms with Gasteiger partial charge in [-0.15, -0.1) is 0 Å². The van der Waals surface area contributed by atoms with E-state index in [0.717, 1.165) is 0 Å². The number of rotatable bonds is 3. The smallest absolute Gasteiger partial charge is 0.200 e. The molecule has 112 valence electrons. The fourth-order valence-corrected chi connectivity index (χ4v) is 2.19. The lowest BCUT2D eigenvalue weighted by atomic mass is 9.88. The van der Waals surface area contributed by atoms with Crippen LogP contribution in [0.1, 0.15) is 11.1 Å². The van der Waals surface area contributed by atoms with Crippen LogP contribution < -0.4 is 5.11 Å². The molecule has 2 rings (SSSR count). The average Bonchev–Trinajstić information content (AvgIpc) is 2.48. The summed E-state index contributed by atoms with van der Waals surface area (Å²) in [6.45, 7) is 0. The van der Waals surface area contributed by atoms with Crippen LogP contribution in [0.3, 0.4) is 0 Å². The molecule has 0 fully saturated rings. The molecule has 0 aromatic heterocycles. The lowest BCUT2D eigenvalue weighted by Gasteiger charge is -2.27. The summed E-state index contributed by atoms with van der Waals surface area (Å²) in [5.41, 5.74) is -3.01. The monoisotopic (exact) mass is 391 g/mol. The Morgan fingerprint density at radius 2 is 1.43 bits per heavy atom. The van der Waals surface area contributed by atoms with Crippen molar-refractivity contribution >= 4 is 45.1 Å². The van der Waals surface area contributed by atoms with Crippen molar-refractivity contribution in [2.24, 2.45) is 0 Å². The minimum atomic E-state index is -2.80.